The SMILES string of the molecule is Cc1ccc(-n2nnc(C(=O)NC[C@@H]3CCCO3)c2C)c(C)c1. The van der Waals surface area contributed by atoms with Crippen molar-refractivity contribution in [3.05, 3.63) is 40.7 Å². The molecular weight excluding hydrogens is 292 g/mol. The van der Waals surface area contributed by atoms with E-state index in [1.807, 2.05) is 26.0 Å². The molecule has 3 rings (SSSR count). The van der Waals surface area contributed by atoms with Gasteiger partial charge in [0.1, 0.15) is 0 Å². The lowest BCUT2D eigenvalue weighted by molar-refractivity contribution is 0.0853. The van der Waals surface area contributed by atoms with Crippen LogP contribution < -0.4 is 5.32 Å². The molecule has 1 aromatic heterocycles. The molecule has 2 heterocycles. The van der Waals surface area contributed by atoms with E-state index < -0.39 is 0 Å². The lowest BCUT2D eigenvalue weighted by atomic mass is 10.1. The number of carbonyl (C=O) groups is 1. The predicted molar refractivity (Wildman–Crippen MR) is 86.9 cm³/mol. The second-order valence-corrected chi connectivity index (χ2v) is 6.07. The van der Waals surface area contributed by atoms with Gasteiger partial charge in [0.15, 0.2) is 5.69 Å². The molecule has 1 amide bonds. The topological polar surface area (TPSA) is 69.0 Å². The first-order chi connectivity index (χ1) is 11.1. The predicted octanol–water partition coefficient (Wildman–Crippen LogP) is 2.10. The number of rotatable bonds is 4. The van der Waals surface area contributed by atoms with E-state index in [1.165, 1.54) is 5.56 Å². The van der Waals surface area contributed by atoms with Crippen LogP contribution in [0.25, 0.3) is 5.69 Å². The normalized spacial score (nSPS) is 17.4. The van der Waals surface area contributed by atoms with Crippen LogP contribution in [0.2, 0.25) is 0 Å². The number of aryl methyl sites for hydroxylation is 2. The zero-order valence-corrected chi connectivity index (χ0v) is 13.8. The number of aromatic nitrogens is 3. The molecular formula is C17H22N4O2. The number of carbonyl (C=O) groups excluding carboxylic acids is 1. The van der Waals surface area contributed by atoms with E-state index in [0.717, 1.165) is 36.4 Å². The molecule has 23 heavy (non-hydrogen) atoms. The lowest BCUT2D eigenvalue weighted by Gasteiger charge is -2.10. The Balaban J connectivity index is 1.77. The van der Waals surface area contributed by atoms with Gasteiger partial charge in [-0.2, -0.15) is 0 Å². The summed E-state index contributed by atoms with van der Waals surface area (Å²) in [4.78, 5) is 12.3. The van der Waals surface area contributed by atoms with E-state index in [0.29, 0.717) is 12.2 Å². The summed E-state index contributed by atoms with van der Waals surface area (Å²) in [6, 6.07) is 6.12. The first-order valence-corrected chi connectivity index (χ1v) is 7.96. The van der Waals surface area contributed by atoms with E-state index in [4.69, 9.17) is 4.74 Å². The summed E-state index contributed by atoms with van der Waals surface area (Å²) >= 11 is 0. The monoisotopic (exact) mass is 314 g/mol. The quantitative estimate of drug-likeness (QED) is 0.938. The molecule has 1 fully saturated rings. The molecule has 6 heteroatoms. The molecule has 1 atom stereocenters. The van der Waals surface area contributed by atoms with E-state index in [9.17, 15) is 4.79 Å². The maximum Gasteiger partial charge on any atom is 0.273 e. The van der Waals surface area contributed by atoms with Gasteiger partial charge >= 0.3 is 0 Å². The Hall–Kier alpha value is -2.21. The first-order valence-electron chi connectivity index (χ1n) is 7.96. The van der Waals surface area contributed by atoms with Gasteiger partial charge in [-0.15, -0.1) is 5.10 Å². The Morgan fingerprint density at radius 1 is 1.39 bits per heavy atom. The van der Waals surface area contributed by atoms with Crippen molar-refractivity contribution in [3.8, 4) is 5.69 Å². The number of nitrogens with zero attached hydrogens (tertiary/aromatic N) is 3. The van der Waals surface area contributed by atoms with Crippen LogP contribution in [0.5, 0.6) is 0 Å². The Kier molecular flexibility index (Phi) is 4.43. The third-order valence-corrected chi connectivity index (χ3v) is 4.20. The first kappa shape index (κ1) is 15.7. The van der Waals surface area contributed by atoms with Crippen molar-refractivity contribution in [2.24, 2.45) is 0 Å². The van der Waals surface area contributed by atoms with Crippen LogP contribution in [0.4, 0.5) is 0 Å². The highest BCUT2D eigenvalue weighted by Crippen LogP contribution is 2.18. The van der Waals surface area contributed by atoms with E-state index in [2.05, 4.69) is 28.6 Å². The van der Waals surface area contributed by atoms with E-state index in [-0.39, 0.29) is 12.0 Å². The number of benzene rings is 1. The largest absolute Gasteiger partial charge is 0.376 e. The van der Waals surface area contributed by atoms with Crippen molar-refractivity contribution in [2.45, 2.75) is 39.7 Å². The minimum atomic E-state index is -0.200. The van der Waals surface area contributed by atoms with Crippen molar-refractivity contribution in [2.75, 3.05) is 13.2 Å². The van der Waals surface area contributed by atoms with Gasteiger partial charge in [0.25, 0.3) is 5.91 Å². The zero-order chi connectivity index (χ0) is 16.4. The van der Waals surface area contributed by atoms with Crippen LogP contribution in [0.15, 0.2) is 18.2 Å². The maximum absolute atomic E-state index is 12.3. The summed E-state index contributed by atoms with van der Waals surface area (Å²) in [5.74, 6) is -0.200. The Labute approximate surface area is 135 Å². The van der Waals surface area contributed by atoms with Crippen molar-refractivity contribution in [1.29, 1.82) is 0 Å². The van der Waals surface area contributed by atoms with Gasteiger partial charge in [0, 0.05) is 13.2 Å². The summed E-state index contributed by atoms with van der Waals surface area (Å²) in [5.41, 5.74) is 4.34. The van der Waals surface area contributed by atoms with E-state index in [1.54, 1.807) is 4.68 Å². The van der Waals surface area contributed by atoms with Crippen molar-refractivity contribution >= 4 is 5.91 Å². The molecule has 0 saturated carbocycles. The molecule has 1 aromatic carbocycles. The third kappa shape index (κ3) is 3.27. The summed E-state index contributed by atoms with van der Waals surface area (Å²) < 4.78 is 7.23. The molecule has 0 bridgehead atoms. The molecule has 1 saturated heterocycles. The van der Waals surface area contributed by atoms with Crippen LogP contribution in [0.1, 0.15) is 40.2 Å². The van der Waals surface area contributed by atoms with Gasteiger partial charge in [-0.1, -0.05) is 22.9 Å². The smallest absolute Gasteiger partial charge is 0.273 e. The molecule has 0 radical (unpaired) electrons. The van der Waals surface area contributed by atoms with Gasteiger partial charge in [-0.25, -0.2) is 4.68 Å². The molecule has 0 spiro atoms. The molecule has 1 aliphatic rings. The Morgan fingerprint density at radius 3 is 2.91 bits per heavy atom. The van der Waals surface area contributed by atoms with Crippen LogP contribution >= 0.6 is 0 Å². The van der Waals surface area contributed by atoms with Crippen molar-refractivity contribution in [1.82, 2.24) is 20.3 Å². The van der Waals surface area contributed by atoms with Crippen molar-refractivity contribution in [3.63, 3.8) is 0 Å². The van der Waals surface area contributed by atoms with E-state index >= 15 is 0 Å². The van der Waals surface area contributed by atoms with Gasteiger partial charge in [-0.05, 0) is 45.2 Å². The third-order valence-electron chi connectivity index (χ3n) is 4.20. The lowest BCUT2D eigenvalue weighted by Crippen LogP contribution is -2.32. The highest BCUT2D eigenvalue weighted by Gasteiger charge is 2.21. The number of nitrogens with one attached hydrogen (secondary N) is 1. The average molecular weight is 314 g/mol. The summed E-state index contributed by atoms with van der Waals surface area (Å²) in [5, 5.41) is 11.1. The minimum absolute atomic E-state index is 0.119. The molecule has 2 aromatic rings. The van der Waals surface area contributed by atoms with Gasteiger partial charge in [0.2, 0.25) is 0 Å². The van der Waals surface area contributed by atoms with Crippen LogP contribution in [-0.4, -0.2) is 40.2 Å². The Morgan fingerprint density at radius 2 is 2.22 bits per heavy atom. The standard InChI is InChI=1S/C17H22N4O2/c1-11-6-7-15(12(2)9-11)21-13(3)16(19-20-21)17(22)18-10-14-5-4-8-23-14/h6-7,9,14H,4-5,8,10H2,1-3H3,(H,18,22)/t14-/m0/s1. The molecule has 0 unspecified atom stereocenters. The van der Waals surface area contributed by atoms with Crippen LogP contribution in [0.3, 0.4) is 0 Å². The fourth-order valence-electron chi connectivity index (χ4n) is 2.91. The van der Waals surface area contributed by atoms with Crippen molar-refractivity contribution < 1.29 is 9.53 Å². The molecule has 6 nitrogen and oxygen atoms in total. The van der Waals surface area contributed by atoms with Gasteiger partial charge in [0.05, 0.1) is 17.5 Å². The molecule has 0 aliphatic carbocycles. The fourth-order valence-corrected chi connectivity index (χ4v) is 2.91. The minimum Gasteiger partial charge on any atom is -0.376 e. The maximum atomic E-state index is 12.3. The molecule has 1 N–H and O–H groups in total. The zero-order valence-electron chi connectivity index (χ0n) is 13.8. The number of hydrogen-bond acceptors (Lipinski definition) is 4. The van der Waals surface area contributed by atoms with Gasteiger partial charge in [-0.3, -0.25) is 4.79 Å². The summed E-state index contributed by atoms with van der Waals surface area (Å²) in [6.07, 6.45) is 2.17. The summed E-state index contributed by atoms with van der Waals surface area (Å²) in [7, 11) is 0. The number of hydrogen-bond donors (Lipinski definition) is 1. The number of ether oxygens (including phenoxy) is 1. The second-order valence-electron chi connectivity index (χ2n) is 6.07. The second kappa shape index (κ2) is 6.50. The average Bonchev–Trinajstić information content (AvgIpc) is 3.15. The molecule has 1 aliphatic heterocycles. The Bertz CT molecular complexity index is 717. The number of amides is 1. The molecule has 122 valence electrons. The van der Waals surface area contributed by atoms with Crippen LogP contribution in [0, 0.1) is 20.8 Å². The van der Waals surface area contributed by atoms with Crippen LogP contribution in [-0.2, 0) is 4.74 Å². The highest BCUT2D eigenvalue weighted by atomic mass is 16.5. The summed E-state index contributed by atoms with van der Waals surface area (Å²) in [6.45, 7) is 7.24. The van der Waals surface area contributed by atoms with Gasteiger partial charge < -0.3 is 10.1 Å². The highest BCUT2D eigenvalue weighted by molar-refractivity contribution is 5.93. The fraction of sp³-hybridized carbons (Fsp3) is 0.471.